The lowest BCUT2D eigenvalue weighted by Crippen LogP contribution is -2.31. The fourth-order valence-electron chi connectivity index (χ4n) is 2.23. The van der Waals surface area contributed by atoms with E-state index in [1.54, 1.807) is 0 Å². The molecule has 0 radical (unpaired) electrons. The van der Waals surface area contributed by atoms with Crippen LogP contribution in [0.25, 0.3) is 0 Å². The zero-order valence-corrected chi connectivity index (χ0v) is 16.5. The number of carboxylic acids is 1. The molecule has 1 aromatic carbocycles. The number of rotatable bonds is 7. The number of carboxylic acid groups (broad SMARTS) is 1. The Hall–Kier alpha value is -2.56. The zero-order valence-electron chi connectivity index (χ0n) is 14.9. The number of hydrogen-bond acceptors (Lipinski definition) is 8. The van der Waals surface area contributed by atoms with Crippen LogP contribution in [0.15, 0.2) is 36.5 Å². The molecule has 0 bridgehead atoms. The number of carbonyl (C=O) groups excluding carboxylic acids is 1. The first-order valence-corrected chi connectivity index (χ1v) is 9.70. The second kappa shape index (κ2) is 9.29. The number of esters is 1. The van der Waals surface area contributed by atoms with Crippen molar-refractivity contribution in [2.45, 2.75) is 24.8 Å². The van der Waals surface area contributed by atoms with Gasteiger partial charge >= 0.3 is 11.9 Å². The van der Waals surface area contributed by atoms with Crippen LogP contribution in [0.4, 0.5) is 4.39 Å². The molecule has 1 saturated heterocycles. The number of hydrogen-bond donors (Lipinski definition) is 1. The summed E-state index contributed by atoms with van der Waals surface area (Å²) in [5.74, 6) is -1.89. The zero-order chi connectivity index (χ0) is 21.0. The highest BCUT2D eigenvalue weighted by atomic mass is 35.5. The van der Waals surface area contributed by atoms with E-state index in [2.05, 4.69) is 4.98 Å². The number of ether oxygens (including phenoxy) is 4. The Labute approximate surface area is 173 Å². The molecule has 8 nitrogen and oxygen atoms in total. The summed E-state index contributed by atoms with van der Waals surface area (Å²) < 4.78 is 34.7. The van der Waals surface area contributed by atoms with Gasteiger partial charge in [-0.25, -0.2) is 19.0 Å². The number of halogens is 2. The number of carbonyl (C=O) groups is 2. The van der Waals surface area contributed by atoms with Crippen molar-refractivity contribution >= 4 is 35.3 Å². The second-order valence-electron chi connectivity index (χ2n) is 5.78. The fourth-order valence-corrected chi connectivity index (χ4v) is 3.19. The summed E-state index contributed by atoms with van der Waals surface area (Å²) in [7, 11) is 0. The maximum atomic E-state index is 13.7. The van der Waals surface area contributed by atoms with Crippen molar-refractivity contribution in [3.8, 4) is 17.4 Å². The molecule has 1 aliphatic rings. The van der Waals surface area contributed by atoms with E-state index < -0.39 is 35.6 Å². The summed E-state index contributed by atoms with van der Waals surface area (Å²) in [5.41, 5.74) is -1.06. The molecule has 3 rings (SSSR count). The predicted molar refractivity (Wildman–Crippen MR) is 101 cm³/mol. The van der Waals surface area contributed by atoms with Crippen LogP contribution in [0.3, 0.4) is 0 Å². The summed E-state index contributed by atoms with van der Waals surface area (Å²) in [6.07, 6.45) is -0.650. The van der Waals surface area contributed by atoms with Crippen molar-refractivity contribution < 1.29 is 38.0 Å². The van der Waals surface area contributed by atoms with Crippen molar-refractivity contribution in [3.05, 3.63) is 47.4 Å². The number of aromatic nitrogens is 1. The molecule has 2 heterocycles. The van der Waals surface area contributed by atoms with Gasteiger partial charge in [-0.05, 0) is 37.3 Å². The van der Waals surface area contributed by atoms with Crippen molar-refractivity contribution in [1.82, 2.24) is 4.98 Å². The standard InChI is InChI=1S/C18H15ClFNO7S/c1-9(17(24)27-14-8-29-18(28-14)16(22)23)25-11-2-4-12(5-3-11)26-15-13(20)6-10(19)7-21-15/h2-7,9,14,18H,8H2,1H3,(H,22,23)/t9-,14-,18-/m1/s1. The normalized spacial score (nSPS) is 19.4. The quantitative estimate of drug-likeness (QED) is 0.644. The van der Waals surface area contributed by atoms with E-state index in [1.807, 2.05) is 0 Å². The number of nitrogens with zero attached hydrogens (tertiary/aromatic N) is 1. The van der Waals surface area contributed by atoms with Gasteiger partial charge in [0, 0.05) is 6.20 Å². The van der Waals surface area contributed by atoms with Crippen LogP contribution in [-0.2, 0) is 19.1 Å². The first-order valence-electron chi connectivity index (χ1n) is 8.28. The third kappa shape index (κ3) is 5.72. The van der Waals surface area contributed by atoms with Crippen molar-refractivity contribution in [2.24, 2.45) is 0 Å². The Balaban J connectivity index is 1.52. The van der Waals surface area contributed by atoms with Crippen molar-refractivity contribution in [3.63, 3.8) is 0 Å². The Morgan fingerprint density at radius 3 is 2.66 bits per heavy atom. The SMILES string of the molecule is C[C@@H](Oc1ccc(Oc2ncc(Cl)cc2F)cc1)C(=O)O[C@H]1CS[C@H](C(=O)O)O1. The van der Waals surface area contributed by atoms with Crippen LogP contribution in [0.2, 0.25) is 5.02 Å². The molecule has 0 spiro atoms. The highest BCUT2D eigenvalue weighted by Crippen LogP contribution is 2.28. The average molecular weight is 444 g/mol. The highest BCUT2D eigenvalue weighted by Gasteiger charge is 2.34. The molecule has 0 unspecified atom stereocenters. The summed E-state index contributed by atoms with van der Waals surface area (Å²) in [4.78, 5) is 26.7. The van der Waals surface area contributed by atoms with E-state index in [-0.39, 0.29) is 16.7 Å². The number of thioether (sulfide) groups is 1. The lowest BCUT2D eigenvalue weighted by Gasteiger charge is -2.17. The van der Waals surface area contributed by atoms with Crippen LogP contribution in [0.1, 0.15) is 6.92 Å². The summed E-state index contributed by atoms with van der Waals surface area (Å²) in [5, 5.41) is 9.01. The van der Waals surface area contributed by atoms with Gasteiger partial charge in [0.15, 0.2) is 11.9 Å². The summed E-state index contributed by atoms with van der Waals surface area (Å²) in [6.45, 7) is 1.48. The molecule has 11 heteroatoms. The van der Waals surface area contributed by atoms with Crippen LogP contribution in [0, 0.1) is 5.82 Å². The summed E-state index contributed by atoms with van der Waals surface area (Å²) in [6, 6.07) is 7.15. The molecule has 0 amide bonds. The van der Waals surface area contributed by atoms with Crippen molar-refractivity contribution in [2.75, 3.05) is 5.75 Å². The molecule has 1 aliphatic heterocycles. The smallest absolute Gasteiger partial charge is 0.349 e. The topological polar surface area (TPSA) is 104 Å². The average Bonchev–Trinajstić information content (AvgIpc) is 3.14. The fraction of sp³-hybridized carbons (Fsp3) is 0.278. The van der Waals surface area contributed by atoms with E-state index in [0.717, 1.165) is 17.8 Å². The Bertz CT molecular complexity index is 898. The lowest BCUT2D eigenvalue weighted by atomic mass is 10.3. The first-order chi connectivity index (χ1) is 13.8. The van der Waals surface area contributed by atoms with E-state index >= 15 is 0 Å². The third-order valence-corrected chi connectivity index (χ3v) is 4.85. The van der Waals surface area contributed by atoms with Crippen LogP contribution < -0.4 is 9.47 Å². The Kier molecular flexibility index (Phi) is 6.78. The largest absolute Gasteiger partial charge is 0.479 e. The van der Waals surface area contributed by atoms with Gasteiger partial charge in [0.1, 0.15) is 11.5 Å². The maximum Gasteiger partial charge on any atom is 0.349 e. The maximum absolute atomic E-state index is 13.7. The van der Waals surface area contributed by atoms with Crippen LogP contribution in [0.5, 0.6) is 17.4 Å². The Morgan fingerprint density at radius 2 is 2.03 bits per heavy atom. The monoisotopic (exact) mass is 443 g/mol. The van der Waals surface area contributed by atoms with Gasteiger partial charge in [0.2, 0.25) is 11.7 Å². The minimum absolute atomic E-state index is 0.152. The van der Waals surface area contributed by atoms with Gasteiger partial charge < -0.3 is 24.1 Å². The van der Waals surface area contributed by atoms with Gasteiger partial charge in [0.05, 0.1) is 10.8 Å². The minimum atomic E-state index is -1.13. The Morgan fingerprint density at radius 1 is 1.34 bits per heavy atom. The molecule has 1 aromatic heterocycles. The molecule has 0 aliphatic carbocycles. The van der Waals surface area contributed by atoms with Gasteiger partial charge in [-0.3, -0.25) is 0 Å². The molecular formula is C18H15ClFNO7S. The van der Waals surface area contributed by atoms with Gasteiger partial charge in [0.25, 0.3) is 5.88 Å². The lowest BCUT2D eigenvalue weighted by molar-refractivity contribution is -0.185. The van der Waals surface area contributed by atoms with Crippen LogP contribution in [-0.4, -0.2) is 45.6 Å². The molecule has 3 atom stereocenters. The second-order valence-corrected chi connectivity index (χ2v) is 7.31. The number of aliphatic carboxylic acids is 1. The predicted octanol–water partition coefficient (Wildman–Crippen LogP) is 3.48. The molecular weight excluding hydrogens is 429 g/mol. The number of pyridine rings is 1. The molecule has 0 saturated carbocycles. The van der Waals surface area contributed by atoms with Crippen LogP contribution >= 0.6 is 23.4 Å². The summed E-state index contributed by atoms with van der Waals surface area (Å²) >= 11 is 6.67. The highest BCUT2D eigenvalue weighted by molar-refractivity contribution is 8.00. The molecule has 1 fully saturated rings. The first kappa shape index (κ1) is 21.2. The van der Waals surface area contributed by atoms with Gasteiger partial charge in [-0.15, -0.1) is 11.8 Å². The van der Waals surface area contributed by atoms with Gasteiger partial charge in [-0.2, -0.15) is 0 Å². The van der Waals surface area contributed by atoms with Gasteiger partial charge in [-0.1, -0.05) is 11.6 Å². The van der Waals surface area contributed by atoms with E-state index in [0.29, 0.717) is 11.5 Å². The molecule has 2 aromatic rings. The van der Waals surface area contributed by atoms with Crippen molar-refractivity contribution in [1.29, 1.82) is 0 Å². The molecule has 154 valence electrons. The molecule has 29 heavy (non-hydrogen) atoms. The van der Waals surface area contributed by atoms with E-state index in [9.17, 15) is 14.0 Å². The van der Waals surface area contributed by atoms with E-state index in [4.69, 9.17) is 35.7 Å². The minimum Gasteiger partial charge on any atom is -0.479 e. The number of benzene rings is 1. The molecule has 1 N–H and O–H groups in total. The third-order valence-electron chi connectivity index (χ3n) is 3.57. The van der Waals surface area contributed by atoms with E-state index in [1.165, 1.54) is 37.4 Å².